The van der Waals surface area contributed by atoms with E-state index in [9.17, 15) is 4.79 Å². The molecule has 0 aliphatic carbocycles. The van der Waals surface area contributed by atoms with Gasteiger partial charge < -0.3 is 14.6 Å². The number of fused-ring (bicyclic) bond motifs is 3. The lowest BCUT2D eigenvalue weighted by atomic mass is 10.1. The molecular formula is C23H26N2O2. The highest BCUT2D eigenvalue weighted by molar-refractivity contribution is 5.86. The second-order valence-corrected chi connectivity index (χ2v) is 7.27. The van der Waals surface area contributed by atoms with Crippen LogP contribution in [0.2, 0.25) is 0 Å². The maximum Gasteiger partial charge on any atom is 0.227 e. The fourth-order valence-corrected chi connectivity index (χ4v) is 3.93. The Bertz CT molecular complexity index is 956. The van der Waals surface area contributed by atoms with E-state index in [0.717, 1.165) is 37.2 Å². The van der Waals surface area contributed by atoms with Crippen molar-refractivity contribution in [1.29, 1.82) is 0 Å². The lowest BCUT2D eigenvalue weighted by molar-refractivity contribution is -0.130. The number of amides is 1. The van der Waals surface area contributed by atoms with E-state index in [0.29, 0.717) is 13.0 Å². The highest BCUT2D eigenvalue weighted by Gasteiger charge is 2.21. The van der Waals surface area contributed by atoms with Crippen molar-refractivity contribution in [3.63, 3.8) is 0 Å². The predicted molar refractivity (Wildman–Crippen MR) is 108 cm³/mol. The number of carbonyl (C=O) groups excluding carboxylic acids is 1. The Kier molecular flexibility index (Phi) is 4.88. The molecule has 1 aliphatic heterocycles. The van der Waals surface area contributed by atoms with Crippen molar-refractivity contribution in [3.05, 3.63) is 64.8 Å². The Balaban J connectivity index is 1.44. The van der Waals surface area contributed by atoms with Crippen LogP contribution in [0, 0.1) is 6.92 Å². The standard InChI is InChI=1S/C23H26N2O2/c1-3-27-18-7-5-17(6-8-18)15-23(26)25-12-10-19-20-14-16(2)4-9-21(20)24-22(19)11-13-25/h4-9,14,24H,3,10-13,15H2,1-2H3. The summed E-state index contributed by atoms with van der Waals surface area (Å²) < 4.78 is 5.47. The maximum absolute atomic E-state index is 12.8. The summed E-state index contributed by atoms with van der Waals surface area (Å²) >= 11 is 0. The molecule has 2 aromatic carbocycles. The maximum atomic E-state index is 12.8. The van der Waals surface area contributed by atoms with Gasteiger partial charge in [-0.3, -0.25) is 4.79 Å². The summed E-state index contributed by atoms with van der Waals surface area (Å²) in [5, 5.41) is 1.31. The molecule has 0 bridgehead atoms. The molecule has 0 spiro atoms. The van der Waals surface area contributed by atoms with Crippen molar-refractivity contribution in [2.75, 3.05) is 19.7 Å². The summed E-state index contributed by atoms with van der Waals surface area (Å²) in [5.41, 5.74) is 6.18. The largest absolute Gasteiger partial charge is 0.494 e. The summed E-state index contributed by atoms with van der Waals surface area (Å²) in [6.07, 6.45) is 2.24. The number of aromatic nitrogens is 1. The van der Waals surface area contributed by atoms with E-state index < -0.39 is 0 Å². The molecule has 4 heteroatoms. The van der Waals surface area contributed by atoms with Crippen LogP contribution < -0.4 is 4.74 Å². The molecule has 2 heterocycles. The van der Waals surface area contributed by atoms with Gasteiger partial charge in [0.2, 0.25) is 5.91 Å². The van der Waals surface area contributed by atoms with Crippen LogP contribution in [0.3, 0.4) is 0 Å². The van der Waals surface area contributed by atoms with E-state index in [1.54, 1.807) is 0 Å². The summed E-state index contributed by atoms with van der Waals surface area (Å²) in [7, 11) is 0. The molecule has 0 atom stereocenters. The average molecular weight is 362 g/mol. The minimum absolute atomic E-state index is 0.199. The zero-order valence-electron chi connectivity index (χ0n) is 16.0. The Morgan fingerprint density at radius 3 is 2.67 bits per heavy atom. The second kappa shape index (κ2) is 7.47. The summed E-state index contributed by atoms with van der Waals surface area (Å²) in [6, 6.07) is 14.4. The molecule has 4 rings (SSSR count). The second-order valence-electron chi connectivity index (χ2n) is 7.27. The number of nitrogens with one attached hydrogen (secondary N) is 1. The van der Waals surface area contributed by atoms with Gasteiger partial charge in [0.05, 0.1) is 13.0 Å². The average Bonchev–Trinajstić information content (AvgIpc) is 2.86. The van der Waals surface area contributed by atoms with E-state index in [1.165, 1.54) is 27.7 Å². The monoisotopic (exact) mass is 362 g/mol. The lowest BCUT2D eigenvalue weighted by Gasteiger charge is -2.20. The van der Waals surface area contributed by atoms with Crippen molar-refractivity contribution >= 4 is 16.8 Å². The normalized spacial score (nSPS) is 14.1. The molecule has 0 unspecified atom stereocenters. The number of aromatic amines is 1. The number of ether oxygens (including phenoxy) is 1. The molecule has 140 valence electrons. The molecule has 4 nitrogen and oxygen atoms in total. The third kappa shape index (κ3) is 3.70. The molecule has 1 aliphatic rings. The van der Waals surface area contributed by atoms with E-state index in [1.807, 2.05) is 36.1 Å². The minimum atomic E-state index is 0.199. The highest BCUT2D eigenvalue weighted by atomic mass is 16.5. The van der Waals surface area contributed by atoms with Crippen LogP contribution in [-0.4, -0.2) is 35.5 Å². The summed E-state index contributed by atoms with van der Waals surface area (Å²) in [4.78, 5) is 18.4. The topological polar surface area (TPSA) is 45.3 Å². The first-order chi connectivity index (χ1) is 13.1. The van der Waals surface area contributed by atoms with Gasteiger partial charge >= 0.3 is 0 Å². The molecule has 1 aromatic heterocycles. The summed E-state index contributed by atoms with van der Waals surface area (Å²) in [6.45, 7) is 6.30. The number of H-pyrrole nitrogens is 1. The molecule has 1 N–H and O–H groups in total. The van der Waals surface area contributed by atoms with E-state index in [4.69, 9.17) is 4.74 Å². The molecule has 0 saturated heterocycles. The lowest BCUT2D eigenvalue weighted by Crippen LogP contribution is -2.34. The van der Waals surface area contributed by atoms with Gasteiger partial charge in [-0.25, -0.2) is 0 Å². The Hall–Kier alpha value is -2.75. The zero-order valence-corrected chi connectivity index (χ0v) is 16.0. The molecule has 1 amide bonds. The quantitative estimate of drug-likeness (QED) is 0.761. The molecule has 0 radical (unpaired) electrons. The van der Waals surface area contributed by atoms with Crippen molar-refractivity contribution in [1.82, 2.24) is 9.88 Å². The third-order valence-electron chi connectivity index (χ3n) is 5.36. The van der Waals surface area contributed by atoms with Gasteiger partial charge in [0.15, 0.2) is 0 Å². The van der Waals surface area contributed by atoms with E-state index >= 15 is 0 Å². The van der Waals surface area contributed by atoms with E-state index in [2.05, 4.69) is 30.1 Å². The Morgan fingerprint density at radius 1 is 1.11 bits per heavy atom. The van der Waals surface area contributed by atoms with Crippen LogP contribution in [-0.2, 0) is 24.1 Å². The van der Waals surface area contributed by atoms with Gasteiger partial charge in [0.1, 0.15) is 5.75 Å². The number of aryl methyl sites for hydroxylation is 1. The highest BCUT2D eigenvalue weighted by Crippen LogP contribution is 2.27. The third-order valence-corrected chi connectivity index (χ3v) is 5.36. The van der Waals surface area contributed by atoms with E-state index in [-0.39, 0.29) is 5.91 Å². The Morgan fingerprint density at radius 2 is 1.89 bits per heavy atom. The van der Waals surface area contributed by atoms with Crippen LogP contribution in [0.1, 0.15) is 29.3 Å². The van der Waals surface area contributed by atoms with Crippen LogP contribution in [0.5, 0.6) is 5.75 Å². The smallest absolute Gasteiger partial charge is 0.227 e. The fourth-order valence-electron chi connectivity index (χ4n) is 3.93. The van der Waals surface area contributed by atoms with Gasteiger partial charge in [-0.05, 0) is 55.7 Å². The predicted octanol–water partition coefficient (Wildman–Crippen LogP) is 4.04. The van der Waals surface area contributed by atoms with Crippen molar-refractivity contribution in [2.24, 2.45) is 0 Å². The number of rotatable bonds is 4. The van der Waals surface area contributed by atoms with Crippen LogP contribution >= 0.6 is 0 Å². The van der Waals surface area contributed by atoms with Crippen molar-refractivity contribution in [2.45, 2.75) is 33.1 Å². The van der Waals surface area contributed by atoms with Gasteiger partial charge in [0, 0.05) is 36.1 Å². The Labute approximate surface area is 160 Å². The number of nitrogens with zero attached hydrogens (tertiary/aromatic N) is 1. The van der Waals surface area contributed by atoms with Crippen LogP contribution in [0.25, 0.3) is 10.9 Å². The number of hydrogen-bond donors (Lipinski definition) is 1. The van der Waals surface area contributed by atoms with Gasteiger partial charge in [-0.1, -0.05) is 23.8 Å². The van der Waals surface area contributed by atoms with Gasteiger partial charge in [0.25, 0.3) is 0 Å². The number of hydrogen-bond acceptors (Lipinski definition) is 2. The first kappa shape index (κ1) is 17.7. The first-order valence-electron chi connectivity index (χ1n) is 9.73. The molecule has 27 heavy (non-hydrogen) atoms. The molecule has 3 aromatic rings. The van der Waals surface area contributed by atoms with Crippen LogP contribution in [0.15, 0.2) is 42.5 Å². The van der Waals surface area contributed by atoms with Crippen molar-refractivity contribution < 1.29 is 9.53 Å². The molecule has 0 fully saturated rings. The summed E-state index contributed by atoms with van der Waals surface area (Å²) in [5.74, 6) is 1.05. The van der Waals surface area contributed by atoms with Crippen molar-refractivity contribution in [3.8, 4) is 5.75 Å². The van der Waals surface area contributed by atoms with Gasteiger partial charge in [-0.2, -0.15) is 0 Å². The fraction of sp³-hybridized carbons (Fsp3) is 0.348. The number of benzene rings is 2. The first-order valence-corrected chi connectivity index (χ1v) is 9.73. The van der Waals surface area contributed by atoms with Gasteiger partial charge in [-0.15, -0.1) is 0 Å². The minimum Gasteiger partial charge on any atom is -0.494 e. The number of carbonyl (C=O) groups is 1. The zero-order chi connectivity index (χ0) is 18.8. The van der Waals surface area contributed by atoms with Crippen LogP contribution in [0.4, 0.5) is 0 Å². The SMILES string of the molecule is CCOc1ccc(CC(=O)N2CCc3[nH]c4ccc(C)cc4c3CC2)cc1. The molecule has 0 saturated carbocycles. The molecular weight excluding hydrogens is 336 g/mol.